The van der Waals surface area contributed by atoms with Crippen LogP contribution in [0.5, 0.6) is 0 Å². The van der Waals surface area contributed by atoms with E-state index in [2.05, 4.69) is 10.1 Å². The third-order valence-electron chi connectivity index (χ3n) is 4.90. The SMILES string of the molecule is CCn1c(C2CCCN(C(=O)c3nc4ccccc4s3)C2)nn(C)c1=O. The van der Waals surface area contributed by atoms with Crippen LogP contribution in [0.3, 0.4) is 0 Å². The second-order valence-electron chi connectivity index (χ2n) is 6.59. The number of piperidine rings is 1. The molecule has 1 saturated heterocycles. The maximum atomic E-state index is 13.0. The summed E-state index contributed by atoms with van der Waals surface area (Å²) in [4.78, 5) is 31.5. The number of hydrogen-bond donors (Lipinski definition) is 0. The highest BCUT2D eigenvalue weighted by Crippen LogP contribution is 2.28. The number of benzene rings is 1. The van der Waals surface area contributed by atoms with Crippen molar-refractivity contribution in [3.8, 4) is 0 Å². The third kappa shape index (κ3) is 2.84. The zero-order chi connectivity index (χ0) is 18.3. The molecule has 0 bridgehead atoms. The molecule has 8 heteroatoms. The molecular formula is C18H21N5O2S. The van der Waals surface area contributed by atoms with Gasteiger partial charge in [-0.15, -0.1) is 11.3 Å². The number of rotatable bonds is 3. The summed E-state index contributed by atoms with van der Waals surface area (Å²) in [6.45, 7) is 3.82. The van der Waals surface area contributed by atoms with Crippen LogP contribution in [0.4, 0.5) is 0 Å². The van der Waals surface area contributed by atoms with E-state index < -0.39 is 0 Å². The van der Waals surface area contributed by atoms with Crippen LogP contribution in [0.25, 0.3) is 10.2 Å². The highest BCUT2D eigenvalue weighted by Gasteiger charge is 2.30. The maximum Gasteiger partial charge on any atom is 0.345 e. The van der Waals surface area contributed by atoms with Crippen LogP contribution in [-0.2, 0) is 13.6 Å². The van der Waals surface area contributed by atoms with Crippen molar-refractivity contribution in [2.45, 2.75) is 32.2 Å². The van der Waals surface area contributed by atoms with Gasteiger partial charge in [0, 0.05) is 32.6 Å². The van der Waals surface area contributed by atoms with Gasteiger partial charge in [0.25, 0.3) is 5.91 Å². The lowest BCUT2D eigenvalue weighted by Crippen LogP contribution is -2.40. The van der Waals surface area contributed by atoms with Crippen LogP contribution < -0.4 is 5.69 Å². The molecule has 0 radical (unpaired) electrons. The molecule has 1 amide bonds. The molecule has 0 aliphatic carbocycles. The smallest absolute Gasteiger partial charge is 0.336 e. The van der Waals surface area contributed by atoms with Gasteiger partial charge in [0.05, 0.1) is 10.2 Å². The standard InChI is InChI=1S/C18H21N5O2S/c1-3-23-15(20-21(2)18(23)25)12-7-6-10-22(11-12)17(24)16-19-13-8-4-5-9-14(13)26-16/h4-5,8-9,12H,3,6-7,10-11H2,1-2H3. The van der Waals surface area contributed by atoms with E-state index in [0.717, 1.165) is 28.9 Å². The maximum absolute atomic E-state index is 13.0. The lowest BCUT2D eigenvalue weighted by atomic mass is 9.97. The Bertz CT molecular complexity index is 985. The highest BCUT2D eigenvalue weighted by atomic mass is 32.1. The zero-order valence-corrected chi connectivity index (χ0v) is 15.7. The Morgan fingerprint density at radius 2 is 2.15 bits per heavy atom. The van der Waals surface area contributed by atoms with Crippen molar-refractivity contribution in [2.75, 3.05) is 13.1 Å². The molecule has 0 spiro atoms. The van der Waals surface area contributed by atoms with Crippen LogP contribution in [-0.4, -0.2) is 43.2 Å². The second-order valence-corrected chi connectivity index (χ2v) is 7.62. The Morgan fingerprint density at radius 3 is 2.92 bits per heavy atom. The van der Waals surface area contributed by atoms with Crippen molar-refractivity contribution in [3.63, 3.8) is 0 Å². The van der Waals surface area contributed by atoms with Gasteiger partial charge in [-0.2, -0.15) is 5.10 Å². The van der Waals surface area contributed by atoms with Crippen molar-refractivity contribution in [1.82, 2.24) is 24.2 Å². The Kier molecular flexibility index (Phi) is 4.36. The van der Waals surface area contributed by atoms with Gasteiger partial charge in [-0.1, -0.05) is 12.1 Å². The van der Waals surface area contributed by atoms with Gasteiger partial charge in [-0.25, -0.2) is 14.5 Å². The van der Waals surface area contributed by atoms with Gasteiger partial charge in [-0.05, 0) is 31.9 Å². The van der Waals surface area contributed by atoms with E-state index in [-0.39, 0.29) is 17.5 Å². The summed E-state index contributed by atoms with van der Waals surface area (Å²) in [6.07, 6.45) is 1.83. The van der Waals surface area contributed by atoms with Gasteiger partial charge in [0.15, 0.2) is 5.01 Å². The molecule has 136 valence electrons. The minimum Gasteiger partial charge on any atom is -0.336 e. The molecule has 1 aliphatic rings. The van der Waals surface area contributed by atoms with Crippen LogP contribution in [0.2, 0.25) is 0 Å². The van der Waals surface area contributed by atoms with Crippen LogP contribution in [0, 0.1) is 0 Å². The first-order valence-electron chi connectivity index (χ1n) is 8.87. The average molecular weight is 371 g/mol. The van der Waals surface area contributed by atoms with E-state index in [4.69, 9.17) is 0 Å². The fourth-order valence-electron chi connectivity index (χ4n) is 3.59. The van der Waals surface area contributed by atoms with Crippen LogP contribution in [0.15, 0.2) is 29.1 Å². The van der Waals surface area contributed by atoms with Gasteiger partial charge in [-0.3, -0.25) is 9.36 Å². The van der Waals surface area contributed by atoms with E-state index in [1.165, 1.54) is 16.0 Å². The van der Waals surface area contributed by atoms with Crippen molar-refractivity contribution < 1.29 is 4.79 Å². The number of thiazole rings is 1. The molecule has 0 saturated carbocycles. The summed E-state index contributed by atoms with van der Waals surface area (Å²) in [7, 11) is 1.67. The van der Waals surface area contributed by atoms with Gasteiger partial charge in [0.1, 0.15) is 5.82 Å². The quantitative estimate of drug-likeness (QED) is 0.708. The largest absolute Gasteiger partial charge is 0.345 e. The highest BCUT2D eigenvalue weighted by molar-refractivity contribution is 7.20. The van der Waals surface area contributed by atoms with Gasteiger partial charge in [0.2, 0.25) is 0 Å². The predicted molar refractivity (Wildman–Crippen MR) is 101 cm³/mol. The molecule has 4 rings (SSSR count). The Morgan fingerprint density at radius 1 is 1.35 bits per heavy atom. The summed E-state index contributed by atoms with van der Waals surface area (Å²) < 4.78 is 4.11. The third-order valence-corrected chi connectivity index (χ3v) is 5.93. The van der Waals surface area contributed by atoms with E-state index in [0.29, 0.717) is 24.6 Å². The number of fused-ring (bicyclic) bond motifs is 1. The number of hydrogen-bond acceptors (Lipinski definition) is 5. The molecule has 26 heavy (non-hydrogen) atoms. The number of nitrogens with zero attached hydrogens (tertiary/aromatic N) is 5. The summed E-state index contributed by atoms with van der Waals surface area (Å²) in [5, 5.41) is 4.95. The predicted octanol–water partition coefficient (Wildman–Crippen LogP) is 2.23. The number of likely N-dealkylation sites (tertiary alicyclic amines) is 1. The van der Waals surface area contributed by atoms with Crippen LogP contribution in [0.1, 0.15) is 41.3 Å². The molecule has 3 heterocycles. The average Bonchev–Trinajstić information content (AvgIpc) is 3.22. The van der Waals surface area contributed by atoms with Crippen molar-refractivity contribution >= 4 is 27.5 Å². The molecule has 1 unspecified atom stereocenters. The summed E-state index contributed by atoms with van der Waals surface area (Å²) in [5.41, 5.74) is 0.760. The van der Waals surface area contributed by atoms with E-state index in [9.17, 15) is 9.59 Å². The molecule has 7 nitrogen and oxygen atoms in total. The normalized spacial score (nSPS) is 17.8. The van der Waals surface area contributed by atoms with E-state index >= 15 is 0 Å². The Balaban J connectivity index is 1.59. The first-order chi connectivity index (χ1) is 12.6. The van der Waals surface area contributed by atoms with E-state index in [1.54, 1.807) is 11.6 Å². The molecule has 0 N–H and O–H groups in total. The number of aryl methyl sites for hydroxylation is 1. The summed E-state index contributed by atoms with van der Waals surface area (Å²) in [5.74, 6) is 0.829. The molecule has 1 aliphatic heterocycles. The monoisotopic (exact) mass is 371 g/mol. The topological polar surface area (TPSA) is 73.0 Å². The number of amides is 1. The summed E-state index contributed by atoms with van der Waals surface area (Å²) in [6, 6.07) is 7.79. The van der Waals surface area contributed by atoms with Crippen molar-refractivity contribution in [1.29, 1.82) is 0 Å². The van der Waals surface area contributed by atoms with Crippen molar-refractivity contribution in [3.05, 3.63) is 45.6 Å². The van der Waals surface area contributed by atoms with Gasteiger partial charge >= 0.3 is 5.69 Å². The zero-order valence-electron chi connectivity index (χ0n) is 14.9. The fraction of sp³-hybridized carbons (Fsp3) is 0.444. The first-order valence-corrected chi connectivity index (χ1v) is 9.68. The molecule has 3 aromatic rings. The van der Waals surface area contributed by atoms with Crippen LogP contribution >= 0.6 is 11.3 Å². The molecular weight excluding hydrogens is 350 g/mol. The molecule has 1 fully saturated rings. The van der Waals surface area contributed by atoms with Gasteiger partial charge < -0.3 is 4.90 Å². The minimum atomic E-state index is -0.0999. The second kappa shape index (κ2) is 6.68. The molecule has 1 aromatic carbocycles. The lowest BCUT2D eigenvalue weighted by molar-refractivity contribution is 0.0703. The number of aromatic nitrogens is 4. The number of carbonyl (C=O) groups excluding carboxylic acids is 1. The Labute approximate surface area is 154 Å². The van der Waals surface area contributed by atoms with Crippen molar-refractivity contribution in [2.24, 2.45) is 7.05 Å². The first kappa shape index (κ1) is 17.0. The minimum absolute atomic E-state index is 0.0303. The number of para-hydroxylation sites is 1. The summed E-state index contributed by atoms with van der Waals surface area (Å²) >= 11 is 1.43. The fourth-order valence-corrected chi connectivity index (χ4v) is 4.53. The molecule has 1 atom stereocenters. The Hall–Kier alpha value is -2.48. The number of carbonyl (C=O) groups is 1. The lowest BCUT2D eigenvalue weighted by Gasteiger charge is -2.31. The van der Waals surface area contributed by atoms with E-state index in [1.807, 2.05) is 36.1 Å². The molecule has 2 aromatic heterocycles.